The molecule has 1 amide bonds. The normalized spacial score (nSPS) is 14.8. The molecule has 0 unspecified atom stereocenters. The molecule has 1 saturated heterocycles. The minimum Gasteiger partial charge on any atom is -0.339 e. The number of rotatable bonds is 1. The molecule has 3 heterocycles. The van der Waals surface area contributed by atoms with Crippen LogP contribution in [0.2, 0.25) is 0 Å². The van der Waals surface area contributed by atoms with Gasteiger partial charge in [-0.05, 0) is 61.4 Å². The third-order valence-corrected chi connectivity index (χ3v) is 5.16. The maximum Gasteiger partial charge on any atom is 0.253 e. The van der Waals surface area contributed by atoms with Gasteiger partial charge in [0.05, 0.1) is 6.20 Å². The molecule has 0 aliphatic carbocycles. The van der Waals surface area contributed by atoms with Gasteiger partial charge >= 0.3 is 0 Å². The van der Waals surface area contributed by atoms with Gasteiger partial charge in [0.25, 0.3) is 5.91 Å². The SMILES string of the molecule is Cc1ccc(C(=O)N2CCC(C)CC2)cc1C#Cc1cnc2cccnn12. The highest BCUT2D eigenvalue weighted by Crippen LogP contribution is 2.19. The van der Waals surface area contributed by atoms with E-state index in [4.69, 9.17) is 0 Å². The molecule has 3 aromatic rings. The van der Waals surface area contributed by atoms with Gasteiger partial charge in [-0.15, -0.1) is 0 Å². The predicted octanol–water partition coefficient (Wildman–Crippen LogP) is 3.31. The Labute approximate surface area is 159 Å². The summed E-state index contributed by atoms with van der Waals surface area (Å²) in [6, 6.07) is 9.51. The highest BCUT2D eigenvalue weighted by atomic mass is 16.2. The summed E-state index contributed by atoms with van der Waals surface area (Å²) in [5.74, 6) is 7.13. The Balaban J connectivity index is 1.61. The first-order chi connectivity index (χ1) is 13.1. The predicted molar refractivity (Wildman–Crippen MR) is 104 cm³/mol. The number of piperidine rings is 1. The van der Waals surface area contributed by atoms with Crippen LogP contribution in [-0.2, 0) is 0 Å². The van der Waals surface area contributed by atoms with E-state index in [0.717, 1.165) is 48.4 Å². The number of nitrogens with zero attached hydrogens (tertiary/aromatic N) is 4. The summed E-state index contributed by atoms with van der Waals surface area (Å²) in [6.45, 7) is 5.93. The molecule has 27 heavy (non-hydrogen) atoms. The second kappa shape index (κ2) is 7.24. The van der Waals surface area contributed by atoms with Gasteiger partial charge in [0.15, 0.2) is 5.65 Å². The molecule has 1 aliphatic heterocycles. The van der Waals surface area contributed by atoms with Gasteiger partial charge in [0.2, 0.25) is 0 Å². The summed E-state index contributed by atoms with van der Waals surface area (Å²) in [7, 11) is 0. The van der Waals surface area contributed by atoms with E-state index in [1.165, 1.54) is 0 Å². The molecule has 5 nitrogen and oxygen atoms in total. The molecule has 5 heteroatoms. The second-order valence-corrected chi connectivity index (χ2v) is 7.19. The van der Waals surface area contributed by atoms with E-state index in [1.807, 2.05) is 42.2 Å². The molecule has 0 atom stereocenters. The van der Waals surface area contributed by atoms with Crippen molar-refractivity contribution in [3.63, 3.8) is 0 Å². The number of hydrogen-bond donors (Lipinski definition) is 0. The van der Waals surface area contributed by atoms with Crippen LogP contribution in [0.5, 0.6) is 0 Å². The highest BCUT2D eigenvalue weighted by Gasteiger charge is 2.21. The maximum absolute atomic E-state index is 12.8. The number of amides is 1. The summed E-state index contributed by atoms with van der Waals surface area (Å²) >= 11 is 0. The average Bonchev–Trinajstić information content (AvgIpc) is 3.11. The van der Waals surface area contributed by atoms with E-state index in [0.29, 0.717) is 11.5 Å². The summed E-state index contributed by atoms with van der Waals surface area (Å²) in [5, 5.41) is 4.28. The average molecular weight is 358 g/mol. The molecule has 1 fully saturated rings. The van der Waals surface area contributed by atoms with Gasteiger partial charge in [-0.3, -0.25) is 4.79 Å². The molecule has 1 aromatic carbocycles. The molecule has 4 rings (SSSR count). The summed E-state index contributed by atoms with van der Waals surface area (Å²) in [5.41, 5.74) is 4.11. The number of likely N-dealkylation sites (tertiary alicyclic amines) is 1. The zero-order valence-corrected chi connectivity index (χ0v) is 15.6. The number of hydrogen-bond acceptors (Lipinski definition) is 3. The third kappa shape index (κ3) is 3.56. The lowest BCUT2D eigenvalue weighted by Gasteiger charge is -2.30. The van der Waals surface area contributed by atoms with Gasteiger partial charge in [-0.2, -0.15) is 5.10 Å². The van der Waals surface area contributed by atoms with Crippen LogP contribution < -0.4 is 0 Å². The summed E-state index contributed by atoms with van der Waals surface area (Å²) in [6.07, 6.45) is 5.58. The van der Waals surface area contributed by atoms with Crippen molar-refractivity contribution < 1.29 is 4.79 Å². The van der Waals surface area contributed by atoms with E-state index < -0.39 is 0 Å². The number of carbonyl (C=O) groups excluding carboxylic acids is 1. The number of fused-ring (bicyclic) bond motifs is 1. The molecular formula is C22H22N4O. The fourth-order valence-electron chi connectivity index (χ4n) is 3.33. The van der Waals surface area contributed by atoms with Crippen LogP contribution in [0, 0.1) is 24.7 Å². The lowest BCUT2D eigenvalue weighted by molar-refractivity contribution is 0.0697. The molecular weight excluding hydrogens is 336 g/mol. The molecule has 136 valence electrons. The maximum atomic E-state index is 12.8. The zero-order chi connectivity index (χ0) is 18.8. The van der Waals surface area contributed by atoms with E-state index >= 15 is 0 Å². The Hall–Kier alpha value is -3.13. The Bertz CT molecular complexity index is 1050. The van der Waals surface area contributed by atoms with Crippen molar-refractivity contribution >= 4 is 11.6 Å². The lowest BCUT2D eigenvalue weighted by Crippen LogP contribution is -2.37. The van der Waals surface area contributed by atoms with Crippen molar-refractivity contribution in [2.45, 2.75) is 26.7 Å². The molecule has 0 radical (unpaired) electrons. The quantitative estimate of drug-likeness (QED) is 0.627. The van der Waals surface area contributed by atoms with E-state index in [1.54, 1.807) is 16.9 Å². The van der Waals surface area contributed by atoms with Gasteiger partial charge in [0, 0.05) is 30.4 Å². The van der Waals surface area contributed by atoms with Crippen molar-refractivity contribution in [2.24, 2.45) is 5.92 Å². The van der Waals surface area contributed by atoms with E-state index in [-0.39, 0.29) is 5.91 Å². The second-order valence-electron chi connectivity index (χ2n) is 7.19. The number of imidazole rings is 1. The molecule has 0 bridgehead atoms. The van der Waals surface area contributed by atoms with Crippen LogP contribution in [0.15, 0.2) is 42.7 Å². The van der Waals surface area contributed by atoms with Crippen LogP contribution in [0.4, 0.5) is 0 Å². The van der Waals surface area contributed by atoms with Gasteiger partial charge in [0.1, 0.15) is 5.69 Å². The number of benzene rings is 1. The molecule has 2 aromatic heterocycles. The molecule has 1 aliphatic rings. The molecule has 0 saturated carbocycles. The topological polar surface area (TPSA) is 50.5 Å². The largest absolute Gasteiger partial charge is 0.339 e. The first-order valence-electron chi connectivity index (χ1n) is 9.32. The fourth-order valence-corrected chi connectivity index (χ4v) is 3.33. The summed E-state index contributed by atoms with van der Waals surface area (Å²) < 4.78 is 1.71. The van der Waals surface area contributed by atoms with Crippen LogP contribution >= 0.6 is 0 Å². The van der Waals surface area contributed by atoms with E-state index in [9.17, 15) is 4.79 Å². The highest BCUT2D eigenvalue weighted by molar-refractivity contribution is 5.94. The van der Waals surface area contributed by atoms with Gasteiger partial charge < -0.3 is 4.90 Å². The third-order valence-electron chi connectivity index (χ3n) is 5.16. The Morgan fingerprint density at radius 2 is 2.00 bits per heavy atom. The first-order valence-corrected chi connectivity index (χ1v) is 9.32. The van der Waals surface area contributed by atoms with Crippen molar-refractivity contribution in [1.82, 2.24) is 19.5 Å². The zero-order valence-electron chi connectivity index (χ0n) is 15.6. The van der Waals surface area contributed by atoms with Crippen LogP contribution in [0.25, 0.3) is 5.65 Å². The van der Waals surface area contributed by atoms with Crippen molar-refractivity contribution in [3.8, 4) is 11.8 Å². The van der Waals surface area contributed by atoms with Crippen molar-refractivity contribution in [1.29, 1.82) is 0 Å². The standard InChI is InChI=1S/C22H22N4O/c1-16-9-12-25(13-10-16)22(27)19-6-5-17(2)18(14-19)7-8-20-15-23-21-4-3-11-24-26(20)21/h3-6,11,14-16H,9-10,12-13H2,1-2H3. The molecule has 0 N–H and O–H groups in total. The number of aryl methyl sites for hydroxylation is 1. The van der Waals surface area contributed by atoms with Gasteiger partial charge in [-0.1, -0.05) is 18.9 Å². The van der Waals surface area contributed by atoms with Crippen molar-refractivity contribution in [3.05, 3.63) is 65.1 Å². The minimum absolute atomic E-state index is 0.0985. The molecule has 0 spiro atoms. The lowest BCUT2D eigenvalue weighted by atomic mass is 9.98. The Morgan fingerprint density at radius 1 is 1.19 bits per heavy atom. The van der Waals surface area contributed by atoms with E-state index in [2.05, 4.69) is 28.8 Å². The van der Waals surface area contributed by atoms with Gasteiger partial charge in [-0.25, -0.2) is 9.50 Å². The summed E-state index contributed by atoms with van der Waals surface area (Å²) in [4.78, 5) is 19.1. The van der Waals surface area contributed by atoms with Crippen LogP contribution in [0.1, 0.15) is 46.9 Å². The number of aromatic nitrogens is 3. The first kappa shape index (κ1) is 17.3. The van der Waals surface area contributed by atoms with Crippen molar-refractivity contribution in [2.75, 3.05) is 13.1 Å². The Kier molecular flexibility index (Phi) is 4.64. The monoisotopic (exact) mass is 358 g/mol. The van der Waals surface area contributed by atoms with Crippen LogP contribution in [0.3, 0.4) is 0 Å². The minimum atomic E-state index is 0.0985. The Morgan fingerprint density at radius 3 is 2.81 bits per heavy atom. The fraction of sp³-hybridized carbons (Fsp3) is 0.318. The number of carbonyl (C=O) groups is 1. The van der Waals surface area contributed by atoms with Crippen LogP contribution in [-0.4, -0.2) is 38.5 Å². The smallest absolute Gasteiger partial charge is 0.253 e.